The van der Waals surface area contributed by atoms with Gasteiger partial charge in [0.25, 0.3) is 5.91 Å². The van der Waals surface area contributed by atoms with Crippen LogP contribution in [0.15, 0.2) is 36.4 Å². The molecule has 22 heavy (non-hydrogen) atoms. The molecule has 2 aromatic rings. The Morgan fingerprint density at radius 2 is 1.95 bits per heavy atom. The van der Waals surface area contributed by atoms with Gasteiger partial charge in [0.15, 0.2) is 5.69 Å². The summed E-state index contributed by atoms with van der Waals surface area (Å²) < 4.78 is 1.60. The van der Waals surface area contributed by atoms with Gasteiger partial charge in [-0.1, -0.05) is 30.3 Å². The fraction of sp³-hybridized carbons (Fsp3) is 0.312. The Bertz CT molecular complexity index is 660. The highest BCUT2D eigenvalue weighted by Crippen LogP contribution is 2.14. The number of aryl methyl sites for hydroxylation is 2. The zero-order valence-corrected chi connectivity index (χ0v) is 12.9. The SMILES string of the molecule is Cc1cc(C(=O)N(Cc2ccccc2)C(C)C(=O)O)nn1C. The molecule has 0 aliphatic rings. The molecular weight excluding hydrogens is 282 g/mol. The Morgan fingerprint density at radius 3 is 2.45 bits per heavy atom. The quantitative estimate of drug-likeness (QED) is 0.914. The van der Waals surface area contributed by atoms with Gasteiger partial charge in [-0.25, -0.2) is 4.79 Å². The first-order valence-electron chi connectivity index (χ1n) is 6.98. The molecule has 1 N–H and O–H groups in total. The van der Waals surface area contributed by atoms with Crippen LogP contribution >= 0.6 is 0 Å². The molecule has 1 unspecified atom stereocenters. The summed E-state index contributed by atoms with van der Waals surface area (Å²) in [5.41, 5.74) is 1.96. The topological polar surface area (TPSA) is 75.4 Å². The maximum Gasteiger partial charge on any atom is 0.326 e. The number of carbonyl (C=O) groups is 2. The number of benzene rings is 1. The number of aliphatic carboxylic acids is 1. The Hall–Kier alpha value is -2.63. The predicted molar refractivity (Wildman–Crippen MR) is 81.4 cm³/mol. The Kier molecular flexibility index (Phi) is 4.60. The standard InChI is InChI=1S/C16H19N3O3/c1-11-9-14(17-18(11)3)15(20)19(12(2)16(21)22)10-13-7-5-4-6-8-13/h4-9,12H,10H2,1-3H3,(H,21,22). The van der Waals surface area contributed by atoms with Crippen LogP contribution in [0.5, 0.6) is 0 Å². The van der Waals surface area contributed by atoms with Crippen LogP contribution in [0.1, 0.15) is 28.7 Å². The van der Waals surface area contributed by atoms with Crippen molar-refractivity contribution >= 4 is 11.9 Å². The van der Waals surface area contributed by atoms with Crippen LogP contribution in [0.3, 0.4) is 0 Å². The van der Waals surface area contributed by atoms with Gasteiger partial charge in [-0.05, 0) is 25.5 Å². The third-order valence-electron chi connectivity index (χ3n) is 3.61. The fourth-order valence-corrected chi connectivity index (χ4v) is 2.11. The number of rotatable bonds is 5. The molecule has 6 nitrogen and oxygen atoms in total. The summed E-state index contributed by atoms with van der Waals surface area (Å²) in [6.07, 6.45) is 0. The summed E-state index contributed by atoms with van der Waals surface area (Å²) in [7, 11) is 1.74. The van der Waals surface area contributed by atoms with Crippen LogP contribution in [-0.4, -0.2) is 37.7 Å². The van der Waals surface area contributed by atoms with E-state index in [9.17, 15) is 14.7 Å². The highest BCUT2D eigenvalue weighted by Gasteiger charge is 2.28. The second-order valence-electron chi connectivity index (χ2n) is 5.23. The summed E-state index contributed by atoms with van der Waals surface area (Å²) >= 11 is 0. The highest BCUT2D eigenvalue weighted by molar-refractivity contribution is 5.95. The minimum atomic E-state index is -1.04. The second kappa shape index (κ2) is 6.43. The van der Waals surface area contributed by atoms with Gasteiger partial charge in [-0.2, -0.15) is 5.10 Å². The van der Waals surface area contributed by atoms with Crippen molar-refractivity contribution in [2.45, 2.75) is 26.4 Å². The normalized spacial score (nSPS) is 12.0. The summed E-state index contributed by atoms with van der Waals surface area (Å²) in [6, 6.07) is 10.0. The average molecular weight is 301 g/mol. The van der Waals surface area contributed by atoms with Gasteiger partial charge in [0.1, 0.15) is 6.04 Å². The van der Waals surface area contributed by atoms with Gasteiger partial charge in [-0.3, -0.25) is 9.48 Å². The van der Waals surface area contributed by atoms with Crippen molar-refractivity contribution in [1.82, 2.24) is 14.7 Å². The zero-order chi connectivity index (χ0) is 16.3. The first kappa shape index (κ1) is 15.8. The smallest absolute Gasteiger partial charge is 0.326 e. The summed E-state index contributed by atoms with van der Waals surface area (Å²) in [6.45, 7) is 3.56. The molecule has 0 aliphatic heterocycles. The van der Waals surface area contributed by atoms with Crippen LogP contribution in [0.25, 0.3) is 0 Å². The number of hydrogen-bond donors (Lipinski definition) is 1. The number of carboxylic acid groups (broad SMARTS) is 1. The van der Waals surface area contributed by atoms with Gasteiger partial charge >= 0.3 is 5.97 Å². The molecule has 0 aliphatic carbocycles. The van der Waals surface area contributed by atoms with Crippen LogP contribution < -0.4 is 0 Å². The molecule has 0 spiro atoms. The van der Waals surface area contributed by atoms with Crippen molar-refractivity contribution < 1.29 is 14.7 Å². The lowest BCUT2D eigenvalue weighted by Gasteiger charge is -2.25. The van der Waals surface area contributed by atoms with Gasteiger partial charge in [0.2, 0.25) is 0 Å². The number of nitrogens with zero attached hydrogens (tertiary/aromatic N) is 3. The Balaban J connectivity index is 2.31. The van der Waals surface area contributed by atoms with E-state index in [4.69, 9.17) is 0 Å². The first-order valence-corrected chi connectivity index (χ1v) is 6.98. The maximum absolute atomic E-state index is 12.6. The van der Waals surface area contributed by atoms with Crippen LogP contribution in [0.2, 0.25) is 0 Å². The van der Waals surface area contributed by atoms with Crippen molar-refractivity contribution in [1.29, 1.82) is 0 Å². The Labute approximate surface area is 129 Å². The molecule has 0 fully saturated rings. The van der Waals surface area contributed by atoms with E-state index in [0.717, 1.165) is 11.3 Å². The van der Waals surface area contributed by atoms with E-state index >= 15 is 0 Å². The van der Waals surface area contributed by atoms with E-state index in [2.05, 4.69) is 5.10 Å². The molecule has 0 radical (unpaired) electrons. The van der Waals surface area contributed by atoms with Crippen LogP contribution in [-0.2, 0) is 18.4 Å². The van der Waals surface area contributed by atoms with E-state index < -0.39 is 12.0 Å². The predicted octanol–water partition coefficient (Wildman–Crippen LogP) is 1.84. The van der Waals surface area contributed by atoms with E-state index in [-0.39, 0.29) is 18.1 Å². The fourth-order valence-electron chi connectivity index (χ4n) is 2.11. The summed E-state index contributed by atoms with van der Waals surface area (Å²) in [5, 5.41) is 13.4. The molecule has 0 saturated heterocycles. The third-order valence-corrected chi connectivity index (χ3v) is 3.61. The number of carbonyl (C=O) groups excluding carboxylic acids is 1. The molecule has 1 atom stereocenters. The lowest BCUT2D eigenvalue weighted by Crippen LogP contribution is -2.43. The lowest BCUT2D eigenvalue weighted by atomic mass is 10.1. The van der Waals surface area contributed by atoms with Crippen molar-refractivity contribution in [3.8, 4) is 0 Å². The monoisotopic (exact) mass is 301 g/mol. The zero-order valence-electron chi connectivity index (χ0n) is 12.9. The van der Waals surface area contributed by atoms with Crippen LogP contribution in [0, 0.1) is 6.92 Å². The maximum atomic E-state index is 12.6. The van der Waals surface area contributed by atoms with E-state index in [1.165, 1.54) is 11.8 Å². The molecule has 0 bridgehead atoms. The van der Waals surface area contributed by atoms with Crippen molar-refractivity contribution in [2.75, 3.05) is 0 Å². The number of hydrogen-bond acceptors (Lipinski definition) is 3. The largest absolute Gasteiger partial charge is 0.480 e. The molecule has 1 heterocycles. The molecule has 1 aromatic carbocycles. The lowest BCUT2D eigenvalue weighted by molar-refractivity contribution is -0.141. The van der Waals surface area contributed by atoms with Crippen molar-refractivity contribution in [3.05, 3.63) is 53.3 Å². The third kappa shape index (κ3) is 3.33. The summed E-state index contributed by atoms with van der Waals surface area (Å²) in [4.78, 5) is 25.3. The van der Waals surface area contributed by atoms with Crippen LogP contribution in [0.4, 0.5) is 0 Å². The number of carboxylic acids is 1. The number of aromatic nitrogens is 2. The molecule has 0 saturated carbocycles. The molecule has 116 valence electrons. The molecule has 1 amide bonds. The second-order valence-corrected chi connectivity index (χ2v) is 5.23. The van der Waals surface area contributed by atoms with Gasteiger partial charge in [-0.15, -0.1) is 0 Å². The Morgan fingerprint density at radius 1 is 1.32 bits per heavy atom. The summed E-state index contributed by atoms with van der Waals surface area (Å²) in [5.74, 6) is -1.43. The van der Waals surface area contributed by atoms with Crippen molar-refractivity contribution in [3.63, 3.8) is 0 Å². The number of amides is 1. The minimum Gasteiger partial charge on any atom is -0.480 e. The van der Waals surface area contributed by atoms with Crippen molar-refractivity contribution in [2.24, 2.45) is 7.05 Å². The van der Waals surface area contributed by atoms with E-state index in [1.54, 1.807) is 17.8 Å². The van der Waals surface area contributed by atoms with Gasteiger partial charge in [0, 0.05) is 19.3 Å². The van der Waals surface area contributed by atoms with Gasteiger partial charge < -0.3 is 10.0 Å². The molecule has 2 rings (SSSR count). The minimum absolute atomic E-state index is 0.225. The van der Waals surface area contributed by atoms with Gasteiger partial charge in [0.05, 0.1) is 0 Å². The average Bonchev–Trinajstić information content (AvgIpc) is 2.84. The molecular formula is C16H19N3O3. The molecule has 1 aromatic heterocycles. The first-order chi connectivity index (χ1) is 10.4. The van der Waals surface area contributed by atoms with E-state index in [1.807, 2.05) is 37.3 Å². The van der Waals surface area contributed by atoms with E-state index in [0.29, 0.717) is 0 Å². The molecule has 6 heteroatoms. The highest BCUT2D eigenvalue weighted by atomic mass is 16.4.